The third-order valence-electron chi connectivity index (χ3n) is 2.00. The van der Waals surface area contributed by atoms with Gasteiger partial charge in [-0.1, -0.05) is 0 Å². The van der Waals surface area contributed by atoms with Gasteiger partial charge in [-0.25, -0.2) is 4.79 Å². The lowest BCUT2D eigenvalue weighted by Gasteiger charge is -2.15. The Labute approximate surface area is 98.0 Å². The summed E-state index contributed by atoms with van der Waals surface area (Å²) in [6.07, 6.45) is 0. The quantitative estimate of drug-likeness (QED) is 0.678. The van der Waals surface area contributed by atoms with Crippen LogP contribution in [0.15, 0.2) is 6.07 Å². The smallest absolute Gasteiger partial charge is 0.343 e. The minimum absolute atomic E-state index is 0.0852. The molecule has 1 rings (SSSR count). The van der Waals surface area contributed by atoms with E-state index in [9.17, 15) is 15.0 Å². The summed E-state index contributed by atoms with van der Waals surface area (Å²) in [6.45, 7) is 3.87. The standard InChI is InChI=1S/C11H14O6/c1-3-16-7-5-6(12)9(13)8(11(14)15)10(7)17-4-2/h5,12-13H,3-4H2,1-2H3,(H,14,15). The highest BCUT2D eigenvalue weighted by Crippen LogP contribution is 2.43. The molecule has 17 heavy (non-hydrogen) atoms. The number of phenols is 2. The maximum Gasteiger partial charge on any atom is 0.343 e. The Morgan fingerprint density at radius 2 is 1.82 bits per heavy atom. The third kappa shape index (κ3) is 2.52. The molecular formula is C11H14O6. The van der Waals surface area contributed by atoms with E-state index >= 15 is 0 Å². The maximum absolute atomic E-state index is 11.0. The average molecular weight is 242 g/mol. The van der Waals surface area contributed by atoms with Gasteiger partial charge in [0.05, 0.1) is 13.2 Å². The monoisotopic (exact) mass is 242 g/mol. The molecule has 0 aliphatic rings. The van der Waals surface area contributed by atoms with Gasteiger partial charge in [0.1, 0.15) is 0 Å². The summed E-state index contributed by atoms with van der Waals surface area (Å²) < 4.78 is 10.3. The van der Waals surface area contributed by atoms with Crippen molar-refractivity contribution in [2.75, 3.05) is 13.2 Å². The largest absolute Gasteiger partial charge is 0.504 e. The van der Waals surface area contributed by atoms with Gasteiger partial charge >= 0.3 is 5.97 Å². The molecule has 6 heteroatoms. The molecule has 1 aromatic carbocycles. The van der Waals surface area contributed by atoms with Crippen LogP contribution in [-0.2, 0) is 0 Å². The third-order valence-corrected chi connectivity index (χ3v) is 2.00. The lowest BCUT2D eigenvalue weighted by Crippen LogP contribution is -2.06. The normalized spacial score (nSPS) is 10.0. The zero-order valence-electron chi connectivity index (χ0n) is 9.56. The van der Waals surface area contributed by atoms with Gasteiger partial charge in [-0.3, -0.25) is 0 Å². The van der Waals surface area contributed by atoms with E-state index in [2.05, 4.69) is 0 Å². The first-order chi connectivity index (χ1) is 8.02. The Morgan fingerprint density at radius 1 is 1.24 bits per heavy atom. The van der Waals surface area contributed by atoms with Crippen LogP contribution in [-0.4, -0.2) is 34.5 Å². The van der Waals surface area contributed by atoms with Gasteiger partial charge in [-0.2, -0.15) is 0 Å². The maximum atomic E-state index is 11.0. The summed E-state index contributed by atoms with van der Waals surface area (Å²) in [6, 6.07) is 1.12. The molecule has 0 heterocycles. The van der Waals surface area contributed by atoms with Gasteiger partial charge in [0.2, 0.25) is 0 Å². The van der Waals surface area contributed by atoms with Crippen LogP contribution in [0.1, 0.15) is 24.2 Å². The number of carboxylic acid groups (broad SMARTS) is 1. The van der Waals surface area contributed by atoms with Crippen molar-refractivity contribution in [3.8, 4) is 23.0 Å². The van der Waals surface area contributed by atoms with Crippen molar-refractivity contribution in [2.45, 2.75) is 13.8 Å². The van der Waals surface area contributed by atoms with Crippen LogP contribution in [0, 0.1) is 0 Å². The van der Waals surface area contributed by atoms with Crippen molar-refractivity contribution in [2.24, 2.45) is 0 Å². The number of ether oxygens (including phenoxy) is 2. The second kappa shape index (κ2) is 5.29. The Kier molecular flexibility index (Phi) is 4.03. The molecule has 0 saturated heterocycles. The number of hydrogen-bond donors (Lipinski definition) is 3. The molecule has 0 aliphatic heterocycles. The molecule has 0 amide bonds. The highest BCUT2D eigenvalue weighted by Gasteiger charge is 2.24. The molecule has 6 nitrogen and oxygen atoms in total. The first-order valence-electron chi connectivity index (χ1n) is 5.10. The zero-order chi connectivity index (χ0) is 13.0. The molecule has 0 bridgehead atoms. The number of carboxylic acids is 1. The number of phenolic OH excluding ortho intramolecular Hbond substituents is 1. The predicted octanol–water partition coefficient (Wildman–Crippen LogP) is 1.59. The Balaban J connectivity index is 3.45. The second-order valence-corrected chi connectivity index (χ2v) is 3.12. The van der Waals surface area contributed by atoms with E-state index in [-0.39, 0.29) is 24.7 Å². The fourth-order valence-electron chi connectivity index (χ4n) is 1.37. The van der Waals surface area contributed by atoms with Crippen molar-refractivity contribution in [1.82, 2.24) is 0 Å². The summed E-state index contributed by atoms with van der Waals surface area (Å²) >= 11 is 0. The van der Waals surface area contributed by atoms with Crippen LogP contribution < -0.4 is 9.47 Å². The summed E-state index contributed by atoms with van der Waals surface area (Å²) in [5.74, 6) is -2.69. The number of benzene rings is 1. The van der Waals surface area contributed by atoms with Crippen molar-refractivity contribution < 1.29 is 29.6 Å². The minimum atomic E-state index is -1.40. The molecule has 0 spiro atoms. The fourth-order valence-corrected chi connectivity index (χ4v) is 1.37. The fraction of sp³-hybridized carbons (Fsp3) is 0.364. The first kappa shape index (κ1) is 13.0. The van der Waals surface area contributed by atoms with E-state index in [1.54, 1.807) is 13.8 Å². The van der Waals surface area contributed by atoms with Gasteiger partial charge < -0.3 is 24.8 Å². The van der Waals surface area contributed by atoms with Gasteiger partial charge in [-0.05, 0) is 13.8 Å². The van der Waals surface area contributed by atoms with Crippen LogP contribution in [0.2, 0.25) is 0 Å². The van der Waals surface area contributed by atoms with Crippen LogP contribution in [0.3, 0.4) is 0 Å². The molecule has 0 atom stereocenters. The molecule has 0 fully saturated rings. The number of aromatic carboxylic acids is 1. The molecular weight excluding hydrogens is 228 g/mol. The molecule has 0 saturated carbocycles. The second-order valence-electron chi connectivity index (χ2n) is 3.12. The van der Waals surface area contributed by atoms with Crippen LogP contribution in [0.4, 0.5) is 0 Å². The summed E-state index contributed by atoms with van der Waals surface area (Å²) in [5.41, 5.74) is -0.504. The van der Waals surface area contributed by atoms with Crippen LogP contribution in [0.5, 0.6) is 23.0 Å². The number of rotatable bonds is 5. The molecule has 0 aliphatic carbocycles. The summed E-state index contributed by atoms with van der Waals surface area (Å²) in [7, 11) is 0. The summed E-state index contributed by atoms with van der Waals surface area (Å²) in [4.78, 5) is 11.0. The number of aromatic hydroxyl groups is 2. The highest BCUT2D eigenvalue weighted by atomic mass is 16.5. The van der Waals surface area contributed by atoms with E-state index in [1.165, 1.54) is 0 Å². The average Bonchev–Trinajstić information content (AvgIpc) is 2.25. The molecule has 94 valence electrons. The molecule has 3 N–H and O–H groups in total. The van der Waals surface area contributed by atoms with Crippen LogP contribution in [0.25, 0.3) is 0 Å². The zero-order valence-corrected chi connectivity index (χ0v) is 9.56. The van der Waals surface area contributed by atoms with Crippen LogP contribution >= 0.6 is 0 Å². The van der Waals surface area contributed by atoms with E-state index in [4.69, 9.17) is 14.6 Å². The number of hydrogen-bond acceptors (Lipinski definition) is 5. The molecule has 0 aromatic heterocycles. The highest BCUT2D eigenvalue weighted by molar-refractivity contribution is 5.96. The van der Waals surface area contributed by atoms with Gasteiger partial charge in [0, 0.05) is 6.07 Å². The molecule has 1 aromatic rings. The van der Waals surface area contributed by atoms with Crippen molar-refractivity contribution in [3.63, 3.8) is 0 Å². The SMILES string of the molecule is CCOc1cc(O)c(O)c(C(=O)O)c1OCC. The van der Waals surface area contributed by atoms with Crippen molar-refractivity contribution >= 4 is 5.97 Å². The number of carbonyl (C=O) groups is 1. The first-order valence-corrected chi connectivity index (χ1v) is 5.10. The lowest BCUT2D eigenvalue weighted by molar-refractivity contribution is 0.0687. The molecule has 0 unspecified atom stereocenters. The van der Waals surface area contributed by atoms with E-state index in [0.717, 1.165) is 6.07 Å². The van der Waals surface area contributed by atoms with Gasteiger partial charge in [0.25, 0.3) is 0 Å². The van der Waals surface area contributed by atoms with E-state index in [1.807, 2.05) is 0 Å². The predicted molar refractivity (Wildman–Crippen MR) is 59.1 cm³/mol. The summed E-state index contributed by atoms with van der Waals surface area (Å²) in [5, 5.41) is 27.9. The minimum Gasteiger partial charge on any atom is -0.504 e. The van der Waals surface area contributed by atoms with E-state index < -0.39 is 23.0 Å². The van der Waals surface area contributed by atoms with E-state index in [0.29, 0.717) is 0 Å². The Bertz CT molecular complexity index is 426. The van der Waals surface area contributed by atoms with Crippen molar-refractivity contribution in [1.29, 1.82) is 0 Å². The molecule has 0 radical (unpaired) electrons. The van der Waals surface area contributed by atoms with Crippen molar-refractivity contribution in [3.05, 3.63) is 11.6 Å². The van der Waals surface area contributed by atoms with Gasteiger partial charge in [-0.15, -0.1) is 0 Å². The van der Waals surface area contributed by atoms with Gasteiger partial charge in [0.15, 0.2) is 28.6 Å². The Hall–Kier alpha value is -2.11. The topological polar surface area (TPSA) is 96.2 Å². The Morgan fingerprint density at radius 3 is 2.29 bits per heavy atom. The lowest BCUT2D eigenvalue weighted by atomic mass is 10.1.